The summed E-state index contributed by atoms with van der Waals surface area (Å²) in [5, 5.41) is 3.34. The van der Waals surface area contributed by atoms with Gasteiger partial charge in [-0.1, -0.05) is 13.8 Å². The van der Waals surface area contributed by atoms with Gasteiger partial charge in [-0.15, -0.1) is 0 Å². The maximum atomic E-state index is 5.95. The lowest BCUT2D eigenvalue weighted by Crippen LogP contribution is -2.35. The molecule has 1 atom stereocenters. The van der Waals surface area contributed by atoms with Crippen LogP contribution in [0.4, 0.5) is 0 Å². The van der Waals surface area contributed by atoms with E-state index in [2.05, 4.69) is 19.2 Å². The number of hydrogen-bond acceptors (Lipinski definition) is 3. The van der Waals surface area contributed by atoms with E-state index in [4.69, 9.17) is 10.2 Å². The van der Waals surface area contributed by atoms with E-state index in [1.807, 2.05) is 12.1 Å². The summed E-state index contributed by atoms with van der Waals surface area (Å²) in [6.07, 6.45) is 3.72. The Morgan fingerprint density at radius 2 is 2.27 bits per heavy atom. The van der Waals surface area contributed by atoms with E-state index in [0.29, 0.717) is 5.92 Å². The van der Waals surface area contributed by atoms with Crippen LogP contribution >= 0.6 is 0 Å². The fraction of sp³-hybridized carbons (Fsp3) is 0.667. The van der Waals surface area contributed by atoms with E-state index >= 15 is 0 Å². The molecular weight excluding hydrogens is 188 g/mol. The minimum absolute atomic E-state index is 0.265. The van der Waals surface area contributed by atoms with Crippen LogP contribution in [-0.4, -0.2) is 19.1 Å². The normalized spacial score (nSPS) is 13.3. The molecule has 0 aliphatic carbocycles. The van der Waals surface area contributed by atoms with E-state index in [1.54, 1.807) is 6.26 Å². The first-order valence-corrected chi connectivity index (χ1v) is 5.67. The SMILES string of the molecule is CC(C)CC(N)CNCCc1ccco1. The summed E-state index contributed by atoms with van der Waals surface area (Å²) < 4.78 is 5.23. The summed E-state index contributed by atoms with van der Waals surface area (Å²) in [6.45, 7) is 6.21. The summed E-state index contributed by atoms with van der Waals surface area (Å²) >= 11 is 0. The van der Waals surface area contributed by atoms with E-state index in [9.17, 15) is 0 Å². The molecule has 0 bridgehead atoms. The van der Waals surface area contributed by atoms with Gasteiger partial charge in [0.15, 0.2) is 0 Å². The Morgan fingerprint density at radius 3 is 2.87 bits per heavy atom. The third-order valence-corrected chi connectivity index (χ3v) is 2.31. The molecule has 0 radical (unpaired) electrons. The molecule has 86 valence electrons. The molecule has 15 heavy (non-hydrogen) atoms. The van der Waals surface area contributed by atoms with Gasteiger partial charge in [-0.25, -0.2) is 0 Å². The van der Waals surface area contributed by atoms with E-state index in [0.717, 1.165) is 31.7 Å². The second-order valence-electron chi connectivity index (χ2n) is 4.42. The van der Waals surface area contributed by atoms with Gasteiger partial charge in [0.05, 0.1) is 6.26 Å². The van der Waals surface area contributed by atoms with Crippen molar-refractivity contribution in [3.05, 3.63) is 24.2 Å². The molecule has 3 nitrogen and oxygen atoms in total. The Morgan fingerprint density at radius 1 is 1.47 bits per heavy atom. The molecule has 0 aliphatic heterocycles. The lowest BCUT2D eigenvalue weighted by atomic mass is 10.0. The van der Waals surface area contributed by atoms with Crippen molar-refractivity contribution in [1.82, 2.24) is 5.32 Å². The van der Waals surface area contributed by atoms with Gasteiger partial charge in [0, 0.05) is 25.6 Å². The second kappa shape index (κ2) is 6.64. The first-order chi connectivity index (χ1) is 7.18. The molecule has 0 spiro atoms. The van der Waals surface area contributed by atoms with Crippen molar-refractivity contribution in [2.75, 3.05) is 13.1 Å². The predicted octanol–water partition coefficient (Wildman–Crippen LogP) is 1.79. The van der Waals surface area contributed by atoms with Crippen LogP contribution in [0.2, 0.25) is 0 Å². The summed E-state index contributed by atoms with van der Waals surface area (Å²) in [7, 11) is 0. The molecule has 1 aromatic heterocycles. The average Bonchev–Trinajstić information content (AvgIpc) is 2.63. The standard InChI is InChI=1S/C12H22N2O/c1-10(2)8-11(13)9-14-6-5-12-4-3-7-15-12/h3-4,7,10-11,14H,5-6,8-9,13H2,1-2H3. The predicted molar refractivity (Wildman–Crippen MR) is 62.7 cm³/mol. The molecule has 1 unspecified atom stereocenters. The summed E-state index contributed by atoms with van der Waals surface area (Å²) in [6, 6.07) is 4.18. The first kappa shape index (κ1) is 12.3. The number of rotatable bonds is 7. The zero-order valence-electron chi connectivity index (χ0n) is 9.70. The molecule has 1 heterocycles. The van der Waals surface area contributed by atoms with Gasteiger partial charge in [-0.3, -0.25) is 0 Å². The Bertz CT molecular complexity index is 244. The average molecular weight is 210 g/mol. The van der Waals surface area contributed by atoms with Crippen molar-refractivity contribution in [2.45, 2.75) is 32.7 Å². The van der Waals surface area contributed by atoms with Gasteiger partial charge in [0.25, 0.3) is 0 Å². The van der Waals surface area contributed by atoms with Gasteiger partial charge in [0.1, 0.15) is 5.76 Å². The van der Waals surface area contributed by atoms with Crippen molar-refractivity contribution >= 4 is 0 Å². The fourth-order valence-electron chi connectivity index (χ4n) is 1.64. The molecule has 0 saturated heterocycles. The Kier molecular flexibility index (Phi) is 5.43. The van der Waals surface area contributed by atoms with Crippen molar-refractivity contribution < 1.29 is 4.42 Å². The molecular formula is C12H22N2O. The molecule has 0 aromatic carbocycles. The third-order valence-electron chi connectivity index (χ3n) is 2.31. The maximum Gasteiger partial charge on any atom is 0.105 e. The quantitative estimate of drug-likeness (QED) is 0.675. The highest BCUT2D eigenvalue weighted by Crippen LogP contribution is 2.02. The second-order valence-corrected chi connectivity index (χ2v) is 4.42. The molecule has 0 saturated carbocycles. The zero-order valence-corrected chi connectivity index (χ0v) is 9.70. The zero-order chi connectivity index (χ0) is 11.1. The van der Waals surface area contributed by atoms with Gasteiger partial charge < -0.3 is 15.5 Å². The van der Waals surface area contributed by atoms with Crippen molar-refractivity contribution in [2.24, 2.45) is 11.7 Å². The number of furan rings is 1. The first-order valence-electron chi connectivity index (χ1n) is 5.67. The van der Waals surface area contributed by atoms with Crippen molar-refractivity contribution in [1.29, 1.82) is 0 Å². The third kappa shape index (κ3) is 5.60. The number of nitrogens with one attached hydrogen (secondary N) is 1. The van der Waals surface area contributed by atoms with Crippen LogP contribution in [0.25, 0.3) is 0 Å². The minimum atomic E-state index is 0.265. The Labute approximate surface area is 92.0 Å². The Balaban J connectivity index is 2.01. The largest absolute Gasteiger partial charge is 0.469 e. The molecule has 1 rings (SSSR count). The number of hydrogen-bond donors (Lipinski definition) is 2. The van der Waals surface area contributed by atoms with Crippen molar-refractivity contribution in [3.63, 3.8) is 0 Å². The topological polar surface area (TPSA) is 51.2 Å². The minimum Gasteiger partial charge on any atom is -0.469 e. The monoisotopic (exact) mass is 210 g/mol. The lowest BCUT2D eigenvalue weighted by Gasteiger charge is -2.14. The highest BCUT2D eigenvalue weighted by molar-refractivity contribution is 4.98. The molecule has 3 heteroatoms. The maximum absolute atomic E-state index is 5.95. The van der Waals surface area contributed by atoms with Crippen LogP contribution in [0.5, 0.6) is 0 Å². The molecule has 0 aliphatic rings. The smallest absolute Gasteiger partial charge is 0.105 e. The lowest BCUT2D eigenvalue weighted by molar-refractivity contribution is 0.457. The molecule has 0 amide bonds. The number of nitrogens with two attached hydrogens (primary N) is 1. The molecule has 1 aromatic rings. The van der Waals surface area contributed by atoms with Gasteiger partial charge in [-0.2, -0.15) is 0 Å². The fourth-order valence-corrected chi connectivity index (χ4v) is 1.64. The van der Waals surface area contributed by atoms with Gasteiger partial charge in [-0.05, 0) is 24.5 Å². The van der Waals surface area contributed by atoms with Crippen LogP contribution in [0.3, 0.4) is 0 Å². The summed E-state index contributed by atoms with van der Waals surface area (Å²) in [5.74, 6) is 1.70. The molecule has 3 N–H and O–H groups in total. The summed E-state index contributed by atoms with van der Waals surface area (Å²) in [4.78, 5) is 0. The van der Waals surface area contributed by atoms with Crippen LogP contribution in [-0.2, 0) is 6.42 Å². The van der Waals surface area contributed by atoms with E-state index in [1.165, 1.54) is 0 Å². The highest BCUT2D eigenvalue weighted by atomic mass is 16.3. The summed E-state index contributed by atoms with van der Waals surface area (Å²) in [5.41, 5.74) is 5.95. The van der Waals surface area contributed by atoms with Gasteiger partial charge >= 0.3 is 0 Å². The molecule has 0 fully saturated rings. The van der Waals surface area contributed by atoms with E-state index < -0.39 is 0 Å². The van der Waals surface area contributed by atoms with E-state index in [-0.39, 0.29) is 6.04 Å². The van der Waals surface area contributed by atoms with Crippen LogP contribution in [0.1, 0.15) is 26.0 Å². The van der Waals surface area contributed by atoms with Crippen molar-refractivity contribution in [3.8, 4) is 0 Å². The highest BCUT2D eigenvalue weighted by Gasteiger charge is 2.04. The van der Waals surface area contributed by atoms with Gasteiger partial charge in [0.2, 0.25) is 0 Å². The van der Waals surface area contributed by atoms with Crippen LogP contribution in [0.15, 0.2) is 22.8 Å². The van der Waals surface area contributed by atoms with Crippen LogP contribution < -0.4 is 11.1 Å². The van der Waals surface area contributed by atoms with Crippen LogP contribution in [0, 0.1) is 5.92 Å². The Hall–Kier alpha value is -0.800.